The average Bonchev–Trinajstić information content (AvgIpc) is 2.73. The zero-order chi connectivity index (χ0) is 14.4. The van der Waals surface area contributed by atoms with E-state index in [4.69, 9.17) is 4.74 Å². The zero-order valence-electron chi connectivity index (χ0n) is 12.3. The minimum atomic E-state index is -0.185. The minimum Gasteiger partial charge on any atom is -0.466 e. The van der Waals surface area contributed by atoms with Gasteiger partial charge in [-0.25, -0.2) is 4.79 Å². The van der Waals surface area contributed by atoms with Gasteiger partial charge in [-0.05, 0) is 38.2 Å². The number of methoxy groups -OCH3 is 1. The van der Waals surface area contributed by atoms with Crippen LogP contribution < -0.4 is 5.32 Å². The van der Waals surface area contributed by atoms with E-state index >= 15 is 0 Å². The van der Waals surface area contributed by atoms with Crippen LogP contribution in [0, 0.1) is 0 Å². The van der Waals surface area contributed by atoms with Gasteiger partial charge >= 0.3 is 5.97 Å². The molecule has 0 heterocycles. The van der Waals surface area contributed by atoms with Crippen molar-refractivity contribution in [1.82, 2.24) is 5.32 Å². The molecule has 1 unspecified atom stereocenters. The summed E-state index contributed by atoms with van der Waals surface area (Å²) in [5, 5.41) is 3.52. The smallest absolute Gasteiger partial charge is 0.335 e. The van der Waals surface area contributed by atoms with Crippen molar-refractivity contribution in [2.45, 2.75) is 45.1 Å². The quantitative estimate of drug-likeness (QED) is 0.849. The second-order valence-electron chi connectivity index (χ2n) is 5.29. The molecule has 2 rings (SSSR count). The monoisotopic (exact) mass is 273 g/mol. The van der Waals surface area contributed by atoms with Crippen LogP contribution in [0.1, 0.15) is 50.6 Å². The van der Waals surface area contributed by atoms with E-state index in [1.54, 1.807) is 0 Å². The van der Waals surface area contributed by atoms with Crippen molar-refractivity contribution >= 4 is 5.97 Å². The highest BCUT2D eigenvalue weighted by molar-refractivity contribution is 5.89. The Morgan fingerprint density at radius 1 is 1.15 bits per heavy atom. The molecule has 0 aliphatic heterocycles. The Kier molecular flexibility index (Phi) is 5.22. The topological polar surface area (TPSA) is 38.3 Å². The maximum atomic E-state index is 11.9. The lowest BCUT2D eigenvalue weighted by atomic mass is 10.1. The highest BCUT2D eigenvalue weighted by Crippen LogP contribution is 2.25. The van der Waals surface area contributed by atoms with Gasteiger partial charge in [-0.3, -0.25) is 0 Å². The van der Waals surface area contributed by atoms with Crippen LogP contribution in [0.15, 0.2) is 41.6 Å². The first-order valence-electron chi connectivity index (χ1n) is 7.34. The third-order valence-corrected chi connectivity index (χ3v) is 3.84. The molecule has 3 heteroatoms. The number of hydrogen-bond donors (Lipinski definition) is 1. The first-order chi connectivity index (χ1) is 9.72. The van der Waals surface area contributed by atoms with Crippen LogP contribution in [0.4, 0.5) is 0 Å². The van der Waals surface area contributed by atoms with Crippen molar-refractivity contribution in [3.05, 3.63) is 47.2 Å². The molecular weight excluding hydrogens is 250 g/mol. The summed E-state index contributed by atoms with van der Waals surface area (Å²) in [6, 6.07) is 10.5. The number of benzene rings is 1. The second-order valence-corrected chi connectivity index (χ2v) is 5.29. The second kappa shape index (κ2) is 7.13. The van der Waals surface area contributed by atoms with Gasteiger partial charge in [0.25, 0.3) is 0 Å². The molecule has 108 valence electrons. The number of ether oxygens (including phenoxy) is 1. The predicted molar refractivity (Wildman–Crippen MR) is 80.1 cm³/mol. The van der Waals surface area contributed by atoms with Crippen molar-refractivity contribution in [2.75, 3.05) is 7.11 Å². The summed E-state index contributed by atoms with van der Waals surface area (Å²) in [6.07, 6.45) is 5.11. The van der Waals surface area contributed by atoms with E-state index in [-0.39, 0.29) is 12.0 Å². The lowest BCUT2D eigenvalue weighted by molar-refractivity contribution is -0.136. The number of esters is 1. The van der Waals surface area contributed by atoms with Crippen LogP contribution in [0.5, 0.6) is 0 Å². The molecule has 0 spiro atoms. The molecule has 0 aromatic heterocycles. The molecule has 0 saturated carbocycles. The molecule has 0 saturated heterocycles. The van der Waals surface area contributed by atoms with Crippen LogP contribution in [-0.2, 0) is 9.53 Å². The normalized spacial score (nSPS) is 17.3. The maximum Gasteiger partial charge on any atom is 0.335 e. The summed E-state index contributed by atoms with van der Waals surface area (Å²) >= 11 is 0. The maximum absolute atomic E-state index is 11.9. The standard InChI is InChI=1S/C17H23NO2/c1-13(14-9-5-3-6-10-14)18-16-12-8-4-7-11-15(16)17(19)20-2/h3,5-6,9-10,13,18H,4,7-8,11-12H2,1-2H3. The van der Waals surface area contributed by atoms with Gasteiger partial charge in [0.15, 0.2) is 0 Å². The highest BCUT2D eigenvalue weighted by atomic mass is 16.5. The first kappa shape index (κ1) is 14.6. The SMILES string of the molecule is COC(=O)C1=C(NC(C)c2ccccc2)CCCCC1. The fourth-order valence-corrected chi connectivity index (χ4v) is 2.68. The van der Waals surface area contributed by atoms with Crippen LogP contribution in [0.3, 0.4) is 0 Å². The van der Waals surface area contributed by atoms with E-state index in [0.29, 0.717) is 0 Å². The van der Waals surface area contributed by atoms with Gasteiger partial charge in [0.1, 0.15) is 0 Å². The van der Waals surface area contributed by atoms with Gasteiger partial charge in [0, 0.05) is 11.7 Å². The Morgan fingerprint density at radius 2 is 1.85 bits per heavy atom. The minimum absolute atomic E-state index is 0.185. The summed E-state index contributed by atoms with van der Waals surface area (Å²) in [7, 11) is 1.46. The number of rotatable bonds is 4. The fraction of sp³-hybridized carbons (Fsp3) is 0.471. The van der Waals surface area contributed by atoms with Gasteiger partial charge in [-0.15, -0.1) is 0 Å². The Labute approximate surface area is 121 Å². The molecule has 1 aliphatic carbocycles. The number of allylic oxidation sites excluding steroid dienone is 1. The summed E-state index contributed by atoms with van der Waals surface area (Å²) < 4.78 is 4.93. The summed E-state index contributed by atoms with van der Waals surface area (Å²) in [4.78, 5) is 11.9. The molecule has 1 atom stereocenters. The molecule has 0 amide bonds. The molecule has 20 heavy (non-hydrogen) atoms. The fourth-order valence-electron chi connectivity index (χ4n) is 2.68. The lowest BCUT2D eigenvalue weighted by Crippen LogP contribution is -2.22. The van der Waals surface area contributed by atoms with Crippen molar-refractivity contribution < 1.29 is 9.53 Å². The third kappa shape index (κ3) is 3.62. The van der Waals surface area contributed by atoms with E-state index in [2.05, 4.69) is 24.4 Å². The molecular formula is C17H23NO2. The van der Waals surface area contributed by atoms with Crippen LogP contribution in [0.2, 0.25) is 0 Å². The van der Waals surface area contributed by atoms with Gasteiger partial charge in [-0.1, -0.05) is 36.8 Å². The number of nitrogens with one attached hydrogen (secondary N) is 1. The predicted octanol–water partition coefficient (Wildman–Crippen LogP) is 3.73. The zero-order valence-corrected chi connectivity index (χ0v) is 12.3. The van der Waals surface area contributed by atoms with Crippen molar-refractivity contribution in [3.8, 4) is 0 Å². The third-order valence-electron chi connectivity index (χ3n) is 3.84. The first-order valence-corrected chi connectivity index (χ1v) is 7.34. The van der Waals surface area contributed by atoms with Crippen molar-refractivity contribution in [2.24, 2.45) is 0 Å². The summed E-state index contributed by atoms with van der Waals surface area (Å²) in [5.74, 6) is -0.185. The van der Waals surface area contributed by atoms with E-state index in [1.165, 1.54) is 19.1 Å². The van der Waals surface area contributed by atoms with Gasteiger partial charge in [0.2, 0.25) is 0 Å². The highest BCUT2D eigenvalue weighted by Gasteiger charge is 2.19. The largest absolute Gasteiger partial charge is 0.466 e. The summed E-state index contributed by atoms with van der Waals surface area (Å²) in [5.41, 5.74) is 3.12. The Bertz CT molecular complexity index is 479. The molecule has 0 radical (unpaired) electrons. The van der Waals surface area contributed by atoms with Crippen molar-refractivity contribution in [1.29, 1.82) is 0 Å². The van der Waals surface area contributed by atoms with Crippen LogP contribution >= 0.6 is 0 Å². The Balaban J connectivity index is 2.18. The van der Waals surface area contributed by atoms with Gasteiger partial charge < -0.3 is 10.1 Å². The van der Waals surface area contributed by atoms with E-state index in [9.17, 15) is 4.79 Å². The molecule has 1 aromatic carbocycles. The molecule has 1 N–H and O–H groups in total. The molecule has 1 aromatic rings. The number of carbonyl (C=O) groups is 1. The molecule has 3 nitrogen and oxygen atoms in total. The average molecular weight is 273 g/mol. The number of hydrogen-bond acceptors (Lipinski definition) is 3. The summed E-state index contributed by atoms with van der Waals surface area (Å²) in [6.45, 7) is 2.13. The van der Waals surface area contributed by atoms with Gasteiger partial charge in [-0.2, -0.15) is 0 Å². The van der Waals surface area contributed by atoms with E-state index in [1.807, 2.05) is 18.2 Å². The van der Waals surface area contributed by atoms with Crippen LogP contribution in [0.25, 0.3) is 0 Å². The Morgan fingerprint density at radius 3 is 2.55 bits per heavy atom. The van der Waals surface area contributed by atoms with E-state index < -0.39 is 0 Å². The van der Waals surface area contributed by atoms with Gasteiger partial charge in [0.05, 0.1) is 12.7 Å². The molecule has 0 bridgehead atoms. The van der Waals surface area contributed by atoms with Crippen molar-refractivity contribution in [3.63, 3.8) is 0 Å². The number of carbonyl (C=O) groups excluding carboxylic acids is 1. The lowest BCUT2D eigenvalue weighted by Gasteiger charge is -2.20. The Hall–Kier alpha value is -1.77. The molecule has 1 aliphatic rings. The van der Waals surface area contributed by atoms with Crippen LogP contribution in [-0.4, -0.2) is 13.1 Å². The van der Waals surface area contributed by atoms with E-state index in [0.717, 1.165) is 37.0 Å². The molecule has 0 fully saturated rings.